The molecule has 0 radical (unpaired) electrons. The number of carboxylic acid groups (broad SMARTS) is 1. The average Bonchev–Trinajstić information content (AvgIpc) is 3.16. The molecule has 0 fully saturated rings. The number of rotatable bonds is 6. The molecule has 2 aromatic heterocycles. The Morgan fingerprint density at radius 3 is 2.82 bits per heavy atom. The van der Waals surface area contributed by atoms with Gasteiger partial charge in [0.2, 0.25) is 0 Å². The van der Waals surface area contributed by atoms with Gasteiger partial charge in [0.05, 0.1) is 11.0 Å². The van der Waals surface area contributed by atoms with E-state index in [1.807, 2.05) is 24.4 Å². The van der Waals surface area contributed by atoms with Crippen LogP contribution in [-0.4, -0.2) is 40.6 Å². The van der Waals surface area contributed by atoms with Crippen LogP contribution in [0.5, 0.6) is 0 Å². The molecule has 0 unspecified atom stereocenters. The Morgan fingerprint density at radius 2 is 2.23 bits per heavy atom. The van der Waals surface area contributed by atoms with Crippen LogP contribution in [0.1, 0.15) is 33.3 Å². The number of hydrogen-bond acceptors (Lipinski definition) is 5. The van der Waals surface area contributed by atoms with E-state index >= 15 is 0 Å². The second-order valence-electron chi connectivity index (χ2n) is 4.72. The van der Waals surface area contributed by atoms with E-state index in [9.17, 15) is 9.59 Å². The predicted molar refractivity (Wildman–Crippen MR) is 86.7 cm³/mol. The maximum absolute atomic E-state index is 12.1. The predicted octanol–water partition coefficient (Wildman–Crippen LogP) is 2.85. The standard InChI is InChI=1S/C14H17N3O3S2/c1-9(11-4-3-7-21-11)17(2)14(20)15-6-5-12-16-10(8-22-12)13(18)19/h3-4,7-9H,5-6H2,1-2H3,(H,15,20)(H,18,19)/t9-/m0/s1. The van der Waals surface area contributed by atoms with E-state index in [2.05, 4.69) is 10.3 Å². The zero-order valence-corrected chi connectivity index (χ0v) is 13.9. The molecule has 0 saturated heterocycles. The fourth-order valence-electron chi connectivity index (χ4n) is 1.82. The minimum absolute atomic E-state index is 0.0125. The molecule has 2 rings (SSSR count). The van der Waals surface area contributed by atoms with Crippen LogP contribution < -0.4 is 5.32 Å². The van der Waals surface area contributed by atoms with Crippen molar-refractivity contribution in [3.63, 3.8) is 0 Å². The second kappa shape index (κ2) is 7.37. The summed E-state index contributed by atoms with van der Waals surface area (Å²) in [4.78, 5) is 29.6. The fourth-order valence-corrected chi connectivity index (χ4v) is 3.42. The zero-order valence-electron chi connectivity index (χ0n) is 12.3. The summed E-state index contributed by atoms with van der Waals surface area (Å²) < 4.78 is 0. The van der Waals surface area contributed by atoms with Crippen LogP contribution in [0.4, 0.5) is 4.79 Å². The molecule has 118 valence electrons. The third-order valence-electron chi connectivity index (χ3n) is 3.24. The van der Waals surface area contributed by atoms with Crippen molar-refractivity contribution in [3.05, 3.63) is 38.5 Å². The molecule has 0 aliphatic carbocycles. The lowest BCUT2D eigenvalue weighted by molar-refractivity contribution is 0.0691. The number of carbonyl (C=O) groups excluding carboxylic acids is 1. The van der Waals surface area contributed by atoms with Crippen molar-refractivity contribution in [2.75, 3.05) is 13.6 Å². The molecule has 0 saturated carbocycles. The molecule has 0 spiro atoms. The number of hydrogen-bond donors (Lipinski definition) is 2. The average molecular weight is 339 g/mol. The van der Waals surface area contributed by atoms with E-state index in [1.165, 1.54) is 16.7 Å². The molecule has 2 aromatic rings. The molecule has 22 heavy (non-hydrogen) atoms. The monoisotopic (exact) mass is 339 g/mol. The van der Waals surface area contributed by atoms with E-state index in [4.69, 9.17) is 5.11 Å². The fraction of sp³-hybridized carbons (Fsp3) is 0.357. The van der Waals surface area contributed by atoms with Gasteiger partial charge in [0.1, 0.15) is 0 Å². The first kappa shape index (κ1) is 16.4. The Bertz CT molecular complexity index is 640. The highest BCUT2D eigenvalue weighted by molar-refractivity contribution is 7.10. The summed E-state index contributed by atoms with van der Waals surface area (Å²) in [6.07, 6.45) is 0.519. The summed E-state index contributed by atoms with van der Waals surface area (Å²) in [5, 5.41) is 15.8. The zero-order chi connectivity index (χ0) is 16.1. The molecular formula is C14H17N3O3S2. The summed E-state index contributed by atoms with van der Waals surface area (Å²) in [6.45, 7) is 2.40. The quantitative estimate of drug-likeness (QED) is 0.848. The third-order valence-corrected chi connectivity index (χ3v) is 5.19. The molecule has 0 aliphatic heterocycles. The SMILES string of the molecule is C[C@@H](c1cccs1)N(C)C(=O)NCCc1nc(C(=O)O)cs1. The summed E-state index contributed by atoms with van der Waals surface area (Å²) in [5.41, 5.74) is 0.0507. The first-order chi connectivity index (χ1) is 10.5. The van der Waals surface area contributed by atoms with Gasteiger partial charge in [0.15, 0.2) is 5.69 Å². The smallest absolute Gasteiger partial charge is 0.355 e. The number of nitrogens with one attached hydrogen (secondary N) is 1. The van der Waals surface area contributed by atoms with Crippen molar-refractivity contribution in [1.29, 1.82) is 0 Å². The molecule has 2 N–H and O–H groups in total. The normalized spacial score (nSPS) is 11.9. The maximum atomic E-state index is 12.1. The van der Waals surface area contributed by atoms with Gasteiger partial charge in [-0.15, -0.1) is 22.7 Å². The first-order valence-electron chi connectivity index (χ1n) is 6.70. The summed E-state index contributed by atoms with van der Waals surface area (Å²) in [6, 6.07) is 3.82. The van der Waals surface area contributed by atoms with Crippen molar-refractivity contribution in [2.45, 2.75) is 19.4 Å². The third kappa shape index (κ3) is 4.05. The number of thiophene rings is 1. The van der Waals surface area contributed by atoms with Crippen molar-refractivity contribution in [1.82, 2.24) is 15.2 Å². The Morgan fingerprint density at radius 1 is 1.45 bits per heavy atom. The number of aromatic carboxylic acids is 1. The minimum Gasteiger partial charge on any atom is -0.476 e. The van der Waals surface area contributed by atoms with Gasteiger partial charge in [-0.1, -0.05) is 6.07 Å². The Hall–Kier alpha value is -1.93. The van der Waals surface area contributed by atoms with Crippen LogP contribution in [0.25, 0.3) is 0 Å². The van der Waals surface area contributed by atoms with E-state index in [0.717, 1.165) is 4.88 Å². The minimum atomic E-state index is -1.03. The molecule has 1 atom stereocenters. The Kier molecular flexibility index (Phi) is 5.51. The van der Waals surface area contributed by atoms with Gasteiger partial charge in [-0.05, 0) is 18.4 Å². The highest BCUT2D eigenvalue weighted by Crippen LogP contribution is 2.23. The Balaban J connectivity index is 1.80. The molecule has 0 bridgehead atoms. The lowest BCUT2D eigenvalue weighted by Gasteiger charge is -2.24. The van der Waals surface area contributed by atoms with Crippen LogP contribution in [0.2, 0.25) is 0 Å². The number of carbonyl (C=O) groups is 2. The van der Waals surface area contributed by atoms with Crippen molar-refractivity contribution < 1.29 is 14.7 Å². The number of aromatic nitrogens is 1. The second-order valence-corrected chi connectivity index (χ2v) is 6.64. The van der Waals surface area contributed by atoms with E-state index < -0.39 is 5.97 Å². The van der Waals surface area contributed by atoms with E-state index in [-0.39, 0.29) is 17.8 Å². The number of nitrogens with zero attached hydrogens (tertiary/aromatic N) is 2. The molecule has 0 aromatic carbocycles. The number of amides is 2. The van der Waals surface area contributed by atoms with Crippen molar-refractivity contribution in [2.24, 2.45) is 0 Å². The molecule has 2 amide bonds. The van der Waals surface area contributed by atoms with E-state index in [1.54, 1.807) is 23.3 Å². The maximum Gasteiger partial charge on any atom is 0.355 e. The van der Waals surface area contributed by atoms with Gasteiger partial charge in [0.25, 0.3) is 0 Å². The van der Waals surface area contributed by atoms with Gasteiger partial charge in [0, 0.05) is 30.3 Å². The Labute approximate surface area is 136 Å². The summed E-state index contributed by atoms with van der Waals surface area (Å²) in [7, 11) is 1.76. The molecule has 0 aliphatic rings. The topological polar surface area (TPSA) is 82.5 Å². The van der Waals surface area contributed by atoms with Gasteiger partial charge in [-0.25, -0.2) is 14.6 Å². The van der Waals surface area contributed by atoms with E-state index in [0.29, 0.717) is 18.0 Å². The van der Waals surface area contributed by atoms with Gasteiger partial charge < -0.3 is 15.3 Å². The van der Waals surface area contributed by atoms with Gasteiger partial charge in [-0.3, -0.25) is 0 Å². The molecule has 6 nitrogen and oxygen atoms in total. The van der Waals surface area contributed by atoms with Crippen LogP contribution in [0.3, 0.4) is 0 Å². The first-order valence-corrected chi connectivity index (χ1v) is 8.46. The van der Waals surface area contributed by atoms with Crippen LogP contribution in [0, 0.1) is 0 Å². The van der Waals surface area contributed by atoms with Crippen molar-refractivity contribution >= 4 is 34.7 Å². The highest BCUT2D eigenvalue weighted by atomic mass is 32.1. The molecule has 2 heterocycles. The number of urea groups is 1. The molecule has 8 heteroatoms. The lowest BCUT2D eigenvalue weighted by atomic mass is 10.2. The van der Waals surface area contributed by atoms with Crippen molar-refractivity contribution in [3.8, 4) is 0 Å². The lowest BCUT2D eigenvalue weighted by Crippen LogP contribution is -2.39. The van der Waals surface area contributed by atoms with Crippen LogP contribution in [0.15, 0.2) is 22.9 Å². The number of thiazole rings is 1. The summed E-state index contributed by atoms with van der Waals surface area (Å²) in [5.74, 6) is -1.03. The largest absolute Gasteiger partial charge is 0.476 e. The van der Waals surface area contributed by atoms with Gasteiger partial charge in [-0.2, -0.15) is 0 Å². The summed E-state index contributed by atoms with van der Waals surface area (Å²) >= 11 is 2.90. The highest BCUT2D eigenvalue weighted by Gasteiger charge is 2.17. The molecular weight excluding hydrogens is 322 g/mol. The van der Waals surface area contributed by atoms with Gasteiger partial charge >= 0.3 is 12.0 Å². The number of carboxylic acids is 1. The van der Waals surface area contributed by atoms with Crippen LogP contribution >= 0.6 is 22.7 Å². The van der Waals surface area contributed by atoms with Crippen LogP contribution in [-0.2, 0) is 6.42 Å².